The lowest BCUT2D eigenvalue weighted by Crippen LogP contribution is -1.94. The number of rotatable bonds is 2. The van der Waals surface area contributed by atoms with Gasteiger partial charge in [0.1, 0.15) is 10.0 Å². The van der Waals surface area contributed by atoms with Crippen LogP contribution in [0.5, 0.6) is 0 Å². The average Bonchev–Trinajstić information content (AvgIpc) is 2.34. The second kappa shape index (κ2) is 4.64. The van der Waals surface area contributed by atoms with E-state index in [-0.39, 0.29) is 12.4 Å². The van der Waals surface area contributed by atoms with Gasteiger partial charge >= 0.3 is 0 Å². The minimum atomic E-state index is 0. The molecule has 0 fully saturated rings. The van der Waals surface area contributed by atoms with Gasteiger partial charge in [0, 0.05) is 12.5 Å². The van der Waals surface area contributed by atoms with E-state index in [4.69, 9.17) is 5.73 Å². The van der Waals surface area contributed by atoms with E-state index in [9.17, 15) is 0 Å². The summed E-state index contributed by atoms with van der Waals surface area (Å²) >= 11 is 1.59. The molecule has 1 heterocycles. The number of nitrogens with two attached hydrogens (primary N) is 1. The molecule has 1 aromatic heterocycles. The van der Waals surface area contributed by atoms with Crippen molar-refractivity contribution in [2.75, 3.05) is 0 Å². The van der Waals surface area contributed by atoms with Crippen molar-refractivity contribution in [1.29, 1.82) is 0 Å². The Morgan fingerprint density at radius 2 is 2.09 bits per heavy atom. The van der Waals surface area contributed by atoms with Crippen LogP contribution in [0.1, 0.15) is 29.8 Å². The third kappa shape index (κ3) is 2.73. The number of aromatic nitrogens is 2. The molecule has 0 aliphatic heterocycles. The maximum atomic E-state index is 5.37. The summed E-state index contributed by atoms with van der Waals surface area (Å²) in [5, 5.41) is 9.86. The van der Waals surface area contributed by atoms with Gasteiger partial charge in [0.25, 0.3) is 0 Å². The van der Waals surface area contributed by atoms with Gasteiger partial charge in [-0.25, -0.2) is 0 Å². The third-order valence-electron chi connectivity index (χ3n) is 1.15. The molecular formula is C6H12ClN3S. The highest BCUT2D eigenvalue weighted by atomic mass is 35.5. The highest BCUT2D eigenvalue weighted by molar-refractivity contribution is 7.11. The Morgan fingerprint density at radius 3 is 2.36 bits per heavy atom. The molecule has 0 unspecified atom stereocenters. The SMILES string of the molecule is CC(C)c1nnc(CN)s1.Cl. The molecule has 0 radical (unpaired) electrons. The summed E-state index contributed by atoms with van der Waals surface area (Å²) in [5.74, 6) is 0.470. The first-order valence-corrected chi connectivity index (χ1v) is 4.08. The van der Waals surface area contributed by atoms with Crippen LogP contribution in [0.2, 0.25) is 0 Å². The molecule has 0 aromatic carbocycles. The molecule has 1 rings (SSSR count). The fourth-order valence-corrected chi connectivity index (χ4v) is 1.31. The van der Waals surface area contributed by atoms with E-state index in [1.54, 1.807) is 11.3 Å². The van der Waals surface area contributed by atoms with Crippen molar-refractivity contribution in [3.63, 3.8) is 0 Å². The van der Waals surface area contributed by atoms with E-state index in [0.717, 1.165) is 10.0 Å². The third-order valence-corrected chi connectivity index (χ3v) is 2.40. The molecule has 11 heavy (non-hydrogen) atoms. The quantitative estimate of drug-likeness (QED) is 0.776. The van der Waals surface area contributed by atoms with Crippen LogP contribution < -0.4 is 5.73 Å². The molecule has 0 aliphatic carbocycles. The molecule has 64 valence electrons. The first kappa shape index (κ1) is 10.8. The Hall–Kier alpha value is -0.190. The molecule has 0 bridgehead atoms. The van der Waals surface area contributed by atoms with Crippen LogP contribution in [0.25, 0.3) is 0 Å². The van der Waals surface area contributed by atoms with E-state index >= 15 is 0 Å². The number of hydrogen-bond donors (Lipinski definition) is 1. The normalized spacial score (nSPS) is 9.82. The highest BCUT2D eigenvalue weighted by Gasteiger charge is 2.05. The summed E-state index contributed by atoms with van der Waals surface area (Å²) in [7, 11) is 0. The Kier molecular flexibility index (Phi) is 4.56. The van der Waals surface area contributed by atoms with Gasteiger partial charge in [-0.05, 0) is 0 Å². The van der Waals surface area contributed by atoms with Gasteiger partial charge in [-0.15, -0.1) is 22.6 Å². The van der Waals surface area contributed by atoms with E-state index < -0.39 is 0 Å². The first-order valence-electron chi connectivity index (χ1n) is 3.26. The predicted octanol–water partition coefficient (Wildman–Crippen LogP) is 1.54. The van der Waals surface area contributed by atoms with Crippen LogP contribution in [0.15, 0.2) is 0 Å². The molecule has 5 heteroatoms. The van der Waals surface area contributed by atoms with E-state index in [1.807, 2.05) is 0 Å². The van der Waals surface area contributed by atoms with Crippen molar-refractivity contribution >= 4 is 23.7 Å². The van der Waals surface area contributed by atoms with Gasteiger partial charge < -0.3 is 5.73 Å². The summed E-state index contributed by atoms with van der Waals surface area (Å²) in [4.78, 5) is 0. The van der Waals surface area contributed by atoms with Gasteiger partial charge in [-0.3, -0.25) is 0 Å². The molecule has 0 saturated carbocycles. The van der Waals surface area contributed by atoms with Crippen LogP contribution >= 0.6 is 23.7 Å². The van der Waals surface area contributed by atoms with Crippen LogP contribution in [-0.2, 0) is 6.54 Å². The molecule has 0 atom stereocenters. The van der Waals surface area contributed by atoms with Crippen molar-refractivity contribution in [1.82, 2.24) is 10.2 Å². The molecular weight excluding hydrogens is 182 g/mol. The molecule has 2 N–H and O–H groups in total. The molecule has 0 saturated heterocycles. The molecule has 0 spiro atoms. The largest absolute Gasteiger partial charge is 0.324 e. The maximum Gasteiger partial charge on any atom is 0.131 e. The Morgan fingerprint density at radius 1 is 1.45 bits per heavy atom. The Balaban J connectivity index is 0.000001000. The monoisotopic (exact) mass is 193 g/mol. The van der Waals surface area contributed by atoms with Crippen LogP contribution in [-0.4, -0.2) is 10.2 Å². The zero-order valence-corrected chi connectivity index (χ0v) is 8.21. The molecule has 0 aliphatic rings. The van der Waals surface area contributed by atoms with Crippen LogP contribution in [0, 0.1) is 0 Å². The van der Waals surface area contributed by atoms with Gasteiger partial charge in [0.15, 0.2) is 0 Å². The molecule has 3 nitrogen and oxygen atoms in total. The maximum absolute atomic E-state index is 5.37. The van der Waals surface area contributed by atoms with Crippen molar-refractivity contribution in [3.05, 3.63) is 10.0 Å². The minimum Gasteiger partial charge on any atom is -0.324 e. The smallest absolute Gasteiger partial charge is 0.131 e. The van der Waals surface area contributed by atoms with Crippen LogP contribution in [0.4, 0.5) is 0 Å². The first-order chi connectivity index (χ1) is 4.74. The molecule has 1 aromatic rings. The molecule has 0 amide bonds. The Labute approximate surface area is 76.4 Å². The van der Waals surface area contributed by atoms with Crippen LogP contribution in [0.3, 0.4) is 0 Å². The van der Waals surface area contributed by atoms with E-state index in [2.05, 4.69) is 24.0 Å². The van der Waals surface area contributed by atoms with Gasteiger partial charge in [0.2, 0.25) is 0 Å². The van der Waals surface area contributed by atoms with Crippen molar-refractivity contribution < 1.29 is 0 Å². The van der Waals surface area contributed by atoms with Crippen molar-refractivity contribution in [2.45, 2.75) is 26.3 Å². The second-order valence-corrected chi connectivity index (χ2v) is 3.49. The number of halogens is 1. The van der Waals surface area contributed by atoms with Gasteiger partial charge in [-0.2, -0.15) is 0 Å². The Bertz CT molecular complexity index is 211. The lowest BCUT2D eigenvalue weighted by atomic mass is 10.2. The fraction of sp³-hybridized carbons (Fsp3) is 0.667. The second-order valence-electron chi connectivity index (χ2n) is 2.39. The zero-order chi connectivity index (χ0) is 7.56. The van der Waals surface area contributed by atoms with E-state index in [0.29, 0.717) is 12.5 Å². The highest BCUT2D eigenvalue weighted by Crippen LogP contribution is 2.17. The predicted molar refractivity (Wildman–Crippen MR) is 49.1 cm³/mol. The summed E-state index contributed by atoms with van der Waals surface area (Å²) < 4.78 is 0. The summed E-state index contributed by atoms with van der Waals surface area (Å²) in [6.07, 6.45) is 0. The standard InChI is InChI=1S/C6H11N3S.ClH/c1-4(2)6-9-8-5(3-7)10-6;/h4H,3,7H2,1-2H3;1H. The minimum absolute atomic E-state index is 0. The lowest BCUT2D eigenvalue weighted by molar-refractivity contribution is 0.816. The van der Waals surface area contributed by atoms with E-state index in [1.165, 1.54) is 0 Å². The van der Waals surface area contributed by atoms with Crippen molar-refractivity contribution in [3.8, 4) is 0 Å². The fourth-order valence-electron chi connectivity index (χ4n) is 0.582. The summed E-state index contributed by atoms with van der Waals surface area (Å²) in [5.41, 5.74) is 5.37. The average molecular weight is 194 g/mol. The zero-order valence-electron chi connectivity index (χ0n) is 6.57. The topological polar surface area (TPSA) is 51.8 Å². The lowest BCUT2D eigenvalue weighted by Gasteiger charge is -1.92. The summed E-state index contributed by atoms with van der Waals surface area (Å²) in [6.45, 7) is 4.70. The summed E-state index contributed by atoms with van der Waals surface area (Å²) in [6, 6.07) is 0. The van der Waals surface area contributed by atoms with Gasteiger partial charge in [-0.1, -0.05) is 25.2 Å². The van der Waals surface area contributed by atoms with Gasteiger partial charge in [0.05, 0.1) is 0 Å². The number of hydrogen-bond acceptors (Lipinski definition) is 4. The van der Waals surface area contributed by atoms with Crippen molar-refractivity contribution in [2.24, 2.45) is 5.73 Å². The number of nitrogens with zero attached hydrogens (tertiary/aromatic N) is 2.